The summed E-state index contributed by atoms with van der Waals surface area (Å²) in [4.78, 5) is 2.11. The number of nitrogens with one attached hydrogen (secondary N) is 1. The minimum atomic E-state index is -3.32. The van der Waals surface area contributed by atoms with Gasteiger partial charge in [0.15, 0.2) is 0 Å². The van der Waals surface area contributed by atoms with E-state index in [4.69, 9.17) is 11.6 Å². The summed E-state index contributed by atoms with van der Waals surface area (Å²) in [6.45, 7) is 5.88. The maximum Gasteiger partial charge on any atom is 0.225 e. The van der Waals surface area contributed by atoms with Crippen molar-refractivity contribution in [2.24, 2.45) is 0 Å². The Morgan fingerprint density at radius 1 is 1.39 bits per heavy atom. The molecule has 0 aliphatic carbocycles. The number of halogens is 1. The normalized spacial score (nSPS) is 11.5. The smallest absolute Gasteiger partial charge is 0.225 e. The quantitative estimate of drug-likeness (QED) is 0.781. The monoisotopic (exact) mass is 290 g/mol. The SMILES string of the molecule is CCN(CCNS(=O)(=O)CCl)c1cccc(C)c1. The van der Waals surface area contributed by atoms with E-state index in [0.29, 0.717) is 13.1 Å². The highest BCUT2D eigenvalue weighted by atomic mass is 35.5. The van der Waals surface area contributed by atoms with Gasteiger partial charge in [0, 0.05) is 25.3 Å². The zero-order chi connectivity index (χ0) is 13.6. The third-order valence-corrected chi connectivity index (χ3v) is 4.39. The van der Waals surface area contributed by atoms with E-state index in [1.54, 1.807) is 0 Å². The van der Waals surface area contributed by atoms with Crippen LogP contribution in [-0.2, 0) is 10.0 Å². The minimum absolute atomic E-state index is 0.358. The number of nitrogens with zero attached hydrogens (tertiary/aromatic N) is 1. The van der Waals surface area contributed by atoms with Crippen LogP contribution in [0.1, 0.15) is 12.5 Å². The van der Waals surface area contributed by atoms with Crippen LogP contribution in [0.25, 0.3) is 0 Å². The highest BCUT2D eigenvalue weighted by Gasteiger charge is 2.09. The van der Waals surface area contributed by atoms with E-state index in [9.17, 15) is 8.42 Å². The summed E-state index contributed by atoms with van der Waals surface area (Å²) in [5.41, 5.74) is 2.29. The van der Waals surface area contributed by atoms with Crippen molar-refractivity contribution in [1.82, 2.24) is 4.72 Å². The number of aryl methyl sites for hydroxylation is 1. The van der Waals surface area contributed by atoms with Crippen LogP contribution in [0.4, 0.5) is 5.69 Å². The van der Waals surface area contributed by atoms with Crippen LogP contribution in [-0.4, -0.2) is 33.3 Å². The summed E-state index contributed by atoms with van der Waals surface area (Å²) in [5, 5.41) is -0.399. The standard InChI is InChI=1S/C12H19ClN2O2S/c1-3-15(8-7-14-18(16,17)10-13)12-6-4-5-11(2)9-12/h4-6,9,14H,3,7-8,10H2,1-2H3. The number of rotatable bonds is 7. The van der Waals surface area contributed by atoms with E-state index in [1.807, 2.05) is 32.0 Å². The third-order valence-electron chi connectivity index (χ3n) is 2.60. The lowest BCUT2D eigenvalue weighted by Gasteiger charge is -2.23. The molecule has 0 radical (unpaired) electrons. The van der Waals surface area contributed by atoms with Gasteiger partial charge < -0.3 is 4.90 Å². The molecule has 1 aromatic carbocycles. The first-order chi connectivity index (χ1) is 8.48. The summed E-state index contributed by atoms with van der Waals surface area (Å²) in [5.74, 6) is 0. The van der Waals surface area contributed by atoms with Gasteiger partial charge in [-0.25, -0.2) is 13.1 Å². The van der Waals surface area contributed by atoms with Crippen LogP contribution >= 0.6 is 11.6 Å². The lowest BCUT2D eigenvalue weighted by atomic mass is 10.2. The predicted molar refractivity (Wildman–Crippen MR) is 76.7 cm³/mol. The molecule has 1 aromatic rings. The molecule has 1 rings (SSSR count). The fourth-order valence-electron chi connectivity index (χ4n) is 1.67. The van der Waals surface area contributed by atoms with Gasteiger partial charge in [0.25, 0.3) is 0 Å². The molecule has 4 nitrogen and oxygen atoms in total. The van der Waals surface area contributed by atoms with E-state index in [2.05, 4.69) is 15.7 Å². The van der Waals surface area contributed by atoms with Gasteiger partial charge >= 0.3 is 0 Å². The number of likely N-dealkylation sites (N-methyl/N-ethyl adjacent to an activating group) is 1. The second-order valence-electron chi connectivity index (χ2n) is 4.04. The van der Waals surface area contributed by atoms with Crippen molar-refractivity contribution in [1.29, 1.82) is 0 Å². The van der Waals surface area contributed by atoms with Crippen molar-refractivity contribution in [2.75, 3.05) is 29.7 Å². The van der Waals surface area contributed by atoms with Crippen molar-refractivity contribution in [2.45, 2.75) is 13.8 Å². The Morgan fingerprint density at radius 3 is 2.67 bits per heavy atom. The molecule has 6 heteroatoms. The van der Waals surface area contributed by atoms with Crippen molar-refractivity contribution in [3.63, 3.8) is 0 Å². The number of hydrogen-bond donors (Lipinski definition) is 1. The Hall–Kier alpha value is -0.780. The van der Waals surface area contributed by atoms with Gasteiger partial charge in [-0.05, 0) is 31.5 Å². The second kappa shape index (κ2) is 6.97. The van der Waals surface area contributed by atoms with Crippen molar-refractivity contribution < 1.29 is 8.42 Å². The fraction of sp³-hybridized carbons (Fsp3) is 0.500. The second-order valence-corrected chi connectivity index (χ2v) is 6.43. The highest BCUT2D eigenvalue weighted by Crippen LogP contribution is 2.14. The molecule has 0 saturated heterocycles. The summed E-state index contributed by atoms with van der Waals surface area (Å²) in [6.07, 6.45) is 0. The summed E-state index contributed by atoms with van der Waals surface area (Å²) < 4.78 is 24.9. The maximum absolute atomic E-state index is 11.2. The van der Waals surface area contributed by atoms with Crippen LogP contribution in [0.2, 0.25) is 0 Å². The zero-order valence-corrected chi connectivity index (χ0v) is 12.3. The van der Waals surface area contributed by atoms with Gasteiger partial charge in [0.1, 0.15) is 5.21 Å². The molecule has 0 fully saturated rings. The van der Waals surface area contributed by atoms with Crippen LogP contribution in [0.3, 0.4) is 0 Å². The van der Waals surface area contributed by atoms with Crippen LogP contribution in [0.15, 0.2) is 24.3 Å². The van der Waals surface area contributed by atoms with E-state index < -0.39 is 15.2 Å². The van der Waals surface area contributed by atoms with Crippen LogP contribution in [0.5, 0.6) is 0 Å². The molecule has 0 atom stereocenters. The molecule has 0 aromatic heterocycles. The number of hydrogen-bond acceptors (Lipinski definition) is 3. The van der Waals surface area contributed by atoms with Crippen LogP contribution < -0.4 is 9.62 Å². The molecule has 0 bridgehead atoms. The zero-order valence-electron chi connectivity index (χ0n) is 10.7. The molecule has 0 spiro atoms. The molecule has 0 heterocycles. The summed E-state index contributed by atoms with van der Waals surface area (Å²) in [7, 11) is -3.32. The first-order valence-corrected chi connectivity index (χ1v) is 8.02. The lowest BCUT2D eigenvalue weighted by Crippen LogP contribution is -2.35. The maximum atomic E-state index is 11.2. The van der Waals surface area contributed by atoms with Crippen molar-refractivity contribution >= 4 is 27.3 Å². The molecule has 0 aliphatic heterocycles. The first-order valence-electron chi connectivity index (χ1n) is 5.83. The number of anilines is 1. The van der Waals surface area contributed by atoms with E-state index in [1.165, 1.54) is 5.56 Å². The fourth-order valence-corrected chi connectivity index (χ4v) is 2.38. The van der Waals surface area contributed by atoms with Gasteiger partial charge in [0.05, 0.1) is 0 Å². The Bertz CT molecular complexity index is 477. The number of alkyl halides is 1. The minimum Gasteiger partial charge on any atom is -0.370 e. The Labute approximate surface area is 114 Å². The van der Waals surface area contributed by atoms with Gasteiger partial charge in [0.2, 0.25) is 10.0 Å². The van der Waals surface area contributed by atoms with Gasteiger partial charge in [-0.1, -0.05) is 12.1 Å². The molecule has 18 heavy (non-hydrogen) atoms. The third kappa shape index (κ3) is 4.84. The van der Waals surface area contributed by atoms with E-state index in [-0.39, 0.29) is 0 Å². The highest BCUT2D eigenvalue weighted by molar-refractivity contribution is 7.90. The molecular formula is C12H19ClN2O2S. The summed E-state index contributed by atoms with van der Waals surface area (Å²) >= 11 is 5.32. The number of benzene rings is 1. The van der Waals surface area contributed by atoms with Crippen LogP contribution in [0, 0.1) is 6.92 Å². The predicted octanol–water partition coefficient (Wildman–Crippen LogP) is 1.94. The Balaban J connectivity index is 2.58. The molecule has 102 valence electrons. The molecular weight excluding hydrogens is 272 g/mol. The van der Waals surface area contributed by atoms with E-state index in [0.717, 1.165) is 12.2 Å². The molecule has 0 amide bonds. The Morgan fingerprint density at radius 2 is 2.11 bits per heavy atom. The van der Waals surface area contributed by atoms with Gasteiger partial charge in [-0.3, -0.25) is 0 Å². The Kier molecular flexibility index (Phi) is 5.91. The topological polar surface area (TPSA) is 49.4 Å². The molecule has 0 aliphatic rings. The molecule has 0 unspecified atom stereocenters. The van der Waals surface area contributed by atoms with Crippen molar-refractivity contribution in [3.05, 3.63) is 29.8 Å². The molecule has 1 N–H and O–H groups in total. The van der Waals surface area contributed by atoms with Gasteiger partial charge in [-0.2, -0.15) is 0 Å². The molecule has 0 saturated carbocycles. The van der Waals surface area contributed by atoms with Gasteiger partial charge in [-0.15, -0.1) is 11.6 Å². The largest absolute Gasteiger partial charge is 0.370 e. The van der Waals surface area contributed by atoms with Crippen molar-refractivity contribution in [3.8, 4) is 0 Å². The van der Waals surface area contributed by atoms with E-state index >= 15 is 0 Å². The average molecular weight is 291 g/mol. The number of sulfonamides is 1. The summed E-state index contributed by atoms with van der Waals surface area (Å²) in [6, 6.07) is 8.13. The first kappa shape index (κ1) is 15.3. The lowest BCUT2D eigenvalue weighted by molar-refractivity contribution is 0.585. The average Bonchev–Trinajstić information content (AvgIpc) is 2.34.